The number of benzene rings is 1. The van der Waals surface area contributed by atoms with Crippen molar-refractivity contribution < 1.29 is 13.8 Å². The smallest absolute Gasteiger partial charge is 0.234 e. The maximum Gasteiger partial charge on any atom is 0.234 e. The summed E-state index contributed by atoms with van der Waals surface area (Å²) in [5, 5.41) is 0. The van der Waals surface area contributed by atoms with Crippen molar-refractivity contribution in [3.63, 3.8) is 0 Å². The third-order valence-corrected chi connectivity index (χ3v) is 4.95. The predicted molar refractivity (Wildman–Crippen MR) is 90.3 cm³/mol. The number of piperazine rings is 1. The molecule has 1 heterocycles. The second-order valence-corrected chi connectivity index (χ2v) is 7.09. The average Bonchev–Trinajstić information content (AvgIpc) is 2.55. The van der Waals surface area contributed by atoms with Gasteiger partial charge in [-0.05, 0) is 24.3 Å². The van der Waals surface area contributed by atoms with Crippen LogP contribution in [0.5, 0.6) is 0 Å². The topological polar surface area (TPSA) is 69.7 Å². The molecule has 0 radical (unpaired) electrons. The predicted octanol–water partition coefficient (Wildman–Crippen LogP) is 1.15. The summed E-state index contributed by atoms with van der Waals surface area (Å²) in [6.45, 7) is 8.11. The molecule has 2 rings (SSSR count). The SMILES string of the molecule is CC(=O)N1CCN(c2ccc(S(=O)NC(=O)C(C)C)cc2)CC1. The molecule has 6 nitrogen and oxygen atoms in total. The van der Waals surface area contributed by atoms with Gasteiger partial charge >= 0.3 is 0 Å². The van der Waals surface area contributed by atoms with Crippen LogP contribution in [0.25, 0.3) is 0 Å². The second-order valence-electron chi connectivity index (χ2n) is 5.88. The van der Waals surface area contributed by atoms with Gasteiger partial charge in [0.2, 0.25) is 11.8 Å². The molecule has 0 spiro atoms. The van der Waals surface area contributed by atoms with E-state index in [1.807, 2.05) is 17.0 Å². The molecule has 1 saturated heterocycles. The van der Waals surface area contributed by atoms with Crippen LogP contribution in [-0.2, 0) is 20.6 Å². The van der Waals surface area contributed by atoms with Gasteiger partial charge < -0.3 is 9.80 Å². The van der Waals surface area contributed by atoms with Crippen LogP contribution in [0.2, 0.25) is 0 Å². The maximum atomic E-state index is 12.1. The van der Waals surface area contributed by atoms with Gasteiger partial charge in [-0.1, -0.05) is 13.8 Å². The van der Waals surface area contributed by atoms with E-state index in [1.54, 1.807) is 32.9 Å². The van der Waals surface area contributed by atoms with Crippen LogP contribution in [-0.4, -0.2) is 47.1 Å². The van der Waals surface area contributed by atoms with Crippen molar-refractivity contribution in [2.75, 3.05) is 31.1 Å². The molecule has 1 aromatic carbocycles. The minimum absolute atomic E-state index is 0.108. The lowest BCUT2D eigenvalue weighted by atomic mass is 10.2. The Kier molecular flexibility index (Phi) is 5.76. The highest BCUT2D eigenvalue weighted by molar-refractivity contribution is 7.83. The van der Waals surface area contributed by atoms with E-state index in [9.17, 15) is 13.8 Å². The third-order valence-electron chi connectivity index (χ3n) is 3.86. The molecule has 1 unspecified atom stereocenters. The molecule has 2 amide bonds. The fourth-order valence-electron chi connectivity index (χ4n) is 2.33. The zero-order chi connectivity index (χ0) is 17.0. The van der Waals surface area contributed by atoms with Crippen molar-refractivity contribution in [3.05, 3.63) is 24.3 Å². The number of hydrogen-bond donors (Lipinski definition) is 1. The second kappa shape index (κ2) is 7.59. The van der Waals surface area contributed by atoms with E-state index in [0.29, 0.717) is 18.0 Å². The van der Waals surface area contributed by atoms with Crippen molar-refractivity contribution in [1.82, 2.24) is 9.62 Å². The molecule has 0 saturated carbocycles. The van der Waals surface area contributed by atoms with Gasteiger partial charge in [-0.25, -0.2) is 4.21 Å². The number of carbonyl (C=O) groups excluding carboxylic acids is 2. The fraction of sp³-hybridized carbons (Fsp3) is 0.500. The summed E-state index contributed by atoms with van der Waals surface area (Å²) in [4.78, 5) is 27.5. The number of rotatable bonds is 4. The van der Waals surface area contributed by atoms with Crippen molar-refractivity contribution in [2.45, 2.75) is 25.7 Å². The first-order chi connectivity index (χ1) is 10.9. The Morgan fingerprint density at radius 2 is 1.65 bits per heavy atom. The Morgan fingerprint density at radius 3 is 2.13 bits per heavy atom. The molecular weight excluding hydrogens is 314 g/mol. The van der Waals surface area contributed by atoms with Gasteiger partial charge in [0.15, 0.2) is 11.0 Å². The van der Waals surface area contributed by atoms with Crippen LogP contribution in [0.15, 0.2) is 29.2 Å². The average molecular weight is 337 g/mol. The summed E-state index contributed by atoms with van der Waals surface area (Å²) < 4.78 is 14.6. The van der Waals surface area contributed by atoms with Gasteiger partial charge in [0, 0.05) is 44.7 Å². The fourth-order valence-corrected chi connectivity index (χ4v) is 3.25. The lowest BCUT2D eigenvalue weighted by molar-refractivity contribution is -0.129. The molecule has 1 aliphatic heterocycles. The molecule has 23 heavy (non-hydrogen) atoms. The van der Waals surface area contributed by atoms with Crippen LogP contribution in [0.1, 0.15) is 20.8 Å². The molecule has 1 atom stereocenters. The van der Waals surface area contributed by atoms with Gasteiger partial charge in [-0.15, -0.1) is 0 Å². The van der Waals surface area contributed by atoms with Gasteiger partial charge in [-0.3, -0.25) is 14.3 Å². The van der Waals surface area contributed by atoms with Gasteiger partial charge in [-0.2, -0.15) is 0 Å². The highest BCUT2D eigenvalue weighted by atomic mass is 32.2. The van der Waals surface area contributed by atoms with E-state index in [-0.39, 0.29) is 17.7 Å². The Hall–Kier alpha value is -1.89. The largest absolute Gasteiger partial charge is 0.368 e. The molecule has 126 valence electrons. The lowest BCUT2D eigenvalue weighted by Crippen LogP contribution is -2.48. The first-order valence-electron chi connectivity index (χ1n) is 7.71. The van der Waals surface area contributed by atoms with E-state index in [4.69, 9.17) is 0 Å². The number of nitrogens with zero attached hydrogens (tertiary/aromatic N) is 2. The number of carbonyl (C=O) groups is 2. The minimum atomic E-state index is -1.53. The highest BCUT2D eigenvalue weighted by Gasteiger charge is 2.19. The Morgan fingerprint density at radius 1 is 1.09 bits per heavy atom. The summed E-state index contributed by atoms with van der Waals surface area (Å²) in [6, 6.07) is 7.34. The number of amides is 2. The summed E-state index contributed by atoms with van der Waals surface area (Å²) in [6.07, 6.45) is 0. The molecule has 0 bridgehead atoms. The molecule has 1 fully saturated rings. The van der Waals surface area contributed by atoms with Crippen molar-refractivity contribution in [2.24, 2.45) is 5.92 Å². The summed E-state index contributed by atoms with van der Waals surface area (Å²) in [5.41, 5.74) is 1.03. The molecule has 7 heteroatoms. The third kappa shape index (κ3) is 4.54. The quantitative estimate of drug-likeness (QED) is 0.895. The van der Waals surface area contributed by atoms with Crippen LogP contribution >= 0.6 is 0 Å². The number of hydrogen-bond acceptors (Lipinski definition) is 4. The summed E-state index contributed by atoms with van der Waals surface area (Å²) >= 11 is 0. The zero-order valence-corrected chi connectivity index (χ0v) is 14.6. The van der Waals surface area contributed by atoms with Gasteiger partial charge in [0.1, 0.15) is 0 Å². The first-order valence-corrected chi connectivity index (χ1v) is 8.86. The van der Waals surface area contributed by atoms with E-state index in [0.717, 1.165) is 18.8 Å². The van der Waals surface area contributed by atoms with Gasteiger partial charge in [0.25, 0.3) is 0 Å². The highest BCUT2D eigenvalue weighted by Crippen LogP contribution is 2.18. The van der Waals surface area contributed by atoms with Crippen molar-refractivity contribution in [3.8, 4) is 0 Å². The molecule has 0 aliphatic carbocycles. The Labute approximate surface area is 139 Å². The van der Waals surface area contributed by atoms with E-state index in [1.165, 1.54) is 0 Å². The minimum Gasteiger partial charge on any atom is -0.368 e. The zero-order valence-electron chi connectivity index (χ0n) is 13.7. The molecule has 1 N–H and O–H groups in total. The van der Waals surface area contributed by atoms with E-state index >= 15 is 0 Å². The monoisotopic (exact) mass is 337 g/mol. The van der Waals surface area contributed by atoms with Crippen LogP contribution in [0.4, 0.5) is 5.69 Å². The van der Waals surface area contributed by atoms with Crippen LogP contribution in [0, 0.1) is 5.92 Å². The van der Waals surface area contributed by atoms with E-state index < -0.39 is 11.0 Å². The van der Waals surface area contributed by atoms with Crippen molar-refractivity contribution in [1.29, 1.82) is 0 Å². The first kappa shape index (κ1) is 17.5. The Bertz CT molecular complexity index is 593. The maximum absolute atomic E-state index is 12.1. The normalized spacial score (nSPS) is 16.3. The van der Waals surface area contributed by atoms with Crippen LogP contribution < -0.4 is 9.62 Å². The number of nitrogens with one attached hydrogen (secondary N) is 1. The van der Waals surface area contributed by atoms with E-state index in [2.05, 4.69) is 9.62 Å². The van der Waals surface area contributed by atoms with Crippen LogP contribution in [0.3, 0.4) is 0 Å². The number of anilines is 1. The van der Waals surface area contributed by atoms with Gasteiger partial charge in [0.05, 0.1) is 4.90 Å². The van der Waals surface area contributed by atoms with Crippen molar-refractivity contribution >= 4 is 28.5 Å². The molecule has 0 aromatic heterocycles. The summed E-state index contributed by atoms with van der Waals surface area (Å²) in [7, 11) is -1.53. The standard InChI is InChI=1S/C16H23N3O3S/c1-12(2)16(21)17-23(22)15-6-4-14(5-7-15)19-10-8-18(9-11-19)13(3)20/h4-7,12H,8-11H2,1-3H3,(H,17,21). The lowest BCUT2D eigenvalue weighted by Gasteiger charge is -2.35. The molecule has 1 aromatic rings. The Balaban J connectivity index is 1.96. The molecular formula is C16H23N3O3S. The summed E-state index contributed by atoms with van der Waals surface area (Å²) in [5.74, 6) is -0.320. The molecule has 1 aliphatic rings.